The number of benzene rings is 2. The first-order valence-corrected chi connectivity index (χ1v) is 6.63. The third-order valence-electron chi connectivity index (χ3n) is 3.07. The third kappa shape index (κ3) is 2.51. The van der Waals surface area contributed by atoms with Gasteiger partial charge in [-0.05, 0) is 24.3 Å². The summed E-state index contributed by atoms with van der Waals surface area (Å²) in [5.41, 5.74) is 0.114. The van der Waals surface area contributed by atoms with Crippen molar-refractivity contribution in [3.63, 3.8) is 0 Å². The first-order chi connectivity index (χ1) is 10.6. The highest BCUT2D eigenvalue weighted by atomic mass is 35.5. The summed E-state index contributed by atoms with van der Waals surface area (Å²) in [6.45, 7) is 0. The average Bonchev–Trinajstić information content (AvgIpc) is 2.51. The highest BCUT2D eigenvalue weighted by Crippen LogP contribution is 2.32. The molecule has 0 atom stereocenters. The molecule has 0 saturated heterocycles. The highest BCUT2D eigenvalue weighted by Gasteiger charge is 2.13. The van der Waals surface area contributed by atoms with E-state index >= 15 is 0 Å². The van der Waals surface area contributed by atoms with Gasteiger partial charge in [0.15, 0.2) is 6.29 Å². The molecule has 0 aliphatic heterocycles. The molecule has 22 heavy (non-hydrogen) atoms. The standard InChI is InChI=1S/C16H8ClF2NO2/c17-15-11(8-21)14(5-4-12(15)18)22-10-6-9-2-1-3-13(19)16(9)20-7-10/h1-8H. The van der Waals surface area contributed by atoms with Crippen LogP contribution in [0.15, 0.2) is 42.6 Å². The minimum absolute atomic E-state index is 0.0963. The molecule has 0 amide bonds. The highest BCUT2D eigenvalue weighted by molar-refractivity contribution is 6.33. The quantitative estimate of drug-likeness (QED) is 0.653. The van der Waals surface area contributed by atoms with Crippen molar-refractivity contribution in [1.29, 1.82) is 0 Å². The Morgan fingerprint density at radius 3 is 2.73 bits per heavy atom. The van der Waals surface area contributed by atoms with E-state index in [4.69, 9.17) is 16.3 Å². The fourth-order valence-corrected chi connectivity index (χ4v) is 2.23. The molecule has 0 bridgehead atoms. The lowest BCUT2D eigenvalue weighted by molar-refractivity contribution is 0.112. The number of halogens is 3. The van der Waals surface area contributed by atoms with Gasteiger partial charge in [0.25, 0.3) is 0 Å². The summed E-state index contributed by atoms with van der Waals surface area (Å²) in [4.78, 5) is 15.0. The number of hydrogen-bond donors (Lipinski definition) is 0. The lowest BCUT2D eigenvalue weighted by atomic mass is 10.2. The van der Waals surface area contributed by atoms with Gasteiger partial charge in [0.2, 0.25) is 0 Å². The van der Waals surface area contributed by atoms with Crippen molar-refractivity contribution >= 4 is 28.8 Å². The van der Waals surface area contributed by atoms with E-state index in [0.717, 1.165) is 6.07 Å². The zero-order valence-electron chi connectivity index (χ0n) is 11.0. The Balaban J connectivity index is 2.04. The molecule has 110 valence electrons. The number of para-hydroxylation sites is 1. The average molecular weight is 320 g/mol. The van der Waals surface area contributed by atoms with Crippen LogP contribution in [0.4, 0.5) is 8.78 Å². The predicted octanol–water partition coefficient (Wildman–Crippen LogP) is 4.77. The van der Waals surface area contributed by atoms with Crippen LogP contribution >= 0.6 is 11.6 Å². The second-order valence-corrected chi connectivity index (χ2v) is 4.85. The summed E-state index contributed by atoms with van der Waals surface area (Å²) in [7, 11) is 0. The van der Waals surface area contributed by atoms with Crippen LogP contribution in [0.3, 0.4) is 0 Å². The largest absolute Gasteiger partial charge is 0.455 e. The van der Waals surface area contributed by atoms with E-state index in [1.165, 1.54) is 18.3 Å². The van der Waals surface area contributed by atoms with Crippen LogP contribution in [0, 0.1) is 11.6 Å². The first kappa shape index (κ1) is 14.4. The molecule has 6 heteroatoms. The van der Waals surface area contributed by atoms with Crippen LogP contribution in [0.25, 0.3) is 10.9 Å². The van der Waals surface area contributed by atoms with Gasteiger partial charge in [0.05, 0.1) is 16.8 Å². The lowest BCUT2D eigenvalue weighted by Gasteiger charge is -2.10. The number of carbonyl (C=O) groups is 1. The first-order valence-electron chi connectivity index (χ1n) is 6.25. The van der Waals surface area contributed by atoms with E-state index in [9.17, 15) is 13.6 Å². The molecule has 0 unspecified atom stereocenters. The van der Waals surface area contributed by atoms with Crippen molar-refractivity contribution < 1.29 is 18.3 Å². The smallest absolute Gasteiger partial charge is 0.155 e. The molecule has 0 aliphatic rings. The molecule has 3 nitrogen and oxygen atoms in total. The molecular weight excluding hydrogens is 312 g/mol. The zero-order valence-corrected chi connectivity index (χ0v) is 11.8. The third-order valence-corrected chi connectivity index (χ3v) is 3.46. The van der Waals surface area contributed by atoms with Gasteiger partial charge >= 0.3 is 0 Å². The SMILES string of the molecule is O=Cc1c(Oc2cnc3c(F)cccc3c2)ccc(F)c1Cl. The molecule has 2 aromatic carbocycles. The molecule has 0 aliphatic carbocycles. The lowest BCUT2D eigenvalue weighted by Crippen LogP contribution is -1.95. The Hall–Kier alpha value is -2.53. The number of aldehydes is 1. The van der Waals surface area contributed by atoms with Crippen LogP contribution in [0.5, 0.6) is 11.5 Å². The van der Waals surface area contributed by atoms with Crippen LogP contribution in [0.1, 0.15) is 10.4 Å². The van der Waals surface area contributed by atoms with Crippen LogP contribution in [0.2, 0.25) is 5.02 Å². The Bertz CT molecular complexity index is 883. The summed E-state index contributed by atoms with van der Waals surface area (Å²) in [6, 6.07) is 8.49. The van der Waals surface area contributed by atoms with E-state index in [-0.39, 0.29) is 27.6 Å². The fourth-order valence-electron chi connectivity index (χ4n) is 2.03. The molecule has 3 rings (SSSR count). The number of hydrogen-bond acceptors (Lipinski definition) is 3. The van der Waals surface area contributed by atoms with E-state index in [1.54, 1.807) is 18.2 Å². The van der Waals surface area contributed by atoms with Gasteiger partial charge in [0, 0.05) is 5.39 Å². The predicted molar refractivity (Wildman–Crippen MR) is 78.6 cm³/mol. The zero-order chi connectivity index (χ0) is 15.7. The minimum Gasteiger partial charge on any atom is -0.455 e. The Morgan fingerprint density at radius 1 is 1.14 bits per heavy atom. The van der Waals surface area contributed by atoms with Crippen molar-refractivity contribution in [2.75, 3.05) is 0 Å². The van der Waals surface area contributed by atoms with Gasteiger partial charge in [-0.2, -0.15) is 0 Å². The van der Waals surface area contributed by atoms with Gasteiger partial charge in [-0.15, -0.1) is 0 Å². The maximum absolute atomic E-state index is 13.6. The van der Waals surface area contributed by atoms with Gasteiger partial charge in [-0.25, -0.2) is 13.8 Å². The number of aromatic nitrogens is 1. The van der Waals surface area contributed by atoms with Crippen molar-refractivity contribution in [2.45, 2.75) is 0 Å². The number of carbonyl (C=O) groups excluding carboxylic acids is 1. The molecule has 0 fully saturated rings. The van der Waals surface area contributed by atoms with Crippen LogP contribution in [-0.4, -0.2) is 11.3 Å². The second kappa shape index (κ2) is 5.69. The van der Waals surface area contributed by atoms with E-state index < -0.39 is 11.6 Å². The Morgan fingerprint density at radius 2 is 1.95 bits per heavy atom. The second-order valence-electron chi connectivity index (χ2n) is 4.48. The van der Waals surface area contributed by atoms with Crippen molar-refractivity contribution in [3.05, 3.63) is 64.8 Å². The molecule has 0 N–H and O–H groups in total. The summed E-state index contributed by atoms with van der Waals surface area (Å²) < 4.78 is 32.4. The van der Waals surface area contributed by atoms with Gasteiger partial charge in [-0.3, -0.25) is 4.79 Å². The summed E-state index contributed by atoms with van der Waals surface area (Å²) in [6.07, 6.45) is 1.73. The number of pyridine rings is 1. The number of fused-ring (bicyclic) bond motifs is 1. The number of rotatable bonds is 3. The number of ether oxygens (including phenoxy) is 1. The van der Waals surface area contributed by atoms with E-state index in [0.29, 0.717) is 11.7 Å². The monoisotopic (exact) mass is 319 g/mol. The van der Waals surface area contributed by atoms with Gasteiger partial charge < -0.3 is 4.74 Å². The minimum atomic E-state index is -0.713. The van der Waals surface area contributed by atoms with Crippen molar-refractivity contribution in [2.24, 2.45) is 0 Å². The molecular formula is C16H8ClF2NO2. The van der Waals surface area contributed by atoms with Gasteiger partial charge in [-0.1, -0.05) is 23.7 Å². The molecule has 3 aromatic rings. The molecule has 1 heterocycles. The topological polar surface area (TPSA) is 39.2 Å². The Labute approximate surface area is 129 Å². The van der Waals surface area contributed by atoms with E-state index in [1.807, 2.05) is 0 Å². The Kier molecular flexibility index (Phi) is 3.73. The summed E-state index contributed by atoms with van der Waals surface area (Å²) >= 11 is 5.73. The van der Waals surface area contributed by atoms with Gasteiger partial charge in [0.1, 0.15) is 28.7 Å². The summed E-state index contributed by atoms with van der Waals surface area (Å²) in [5.74, 6) is -0.778. The van der Waals surface area contributed by atoms with Crippen LogP contribution < -0.4 is 4.74 Å². The number of nitrogens with zero attached hydrogens (tertiary/aromatic N) is 1. The molecule has 0 saturated carbocycles. The fraction of sp³-hybridized carbons (Fsp3) is 0. The maximum atomic E-state index is 13.6. The molecule has 1 aromatic heterocycles. The normalized spacial score (nSPS) is 10.7. The molecule has 0 radical (unpaired) electrons. The maximum Gasteiger partial charge on any atom is 0.155 e. The summed E-state index contributed by atoms with van der Waals surface area (Å²) in [5, 5.41) is 0.227. The van der Waals surface area contributed by atoms with Crippen molar-refractivity contribution in [3.8, 4) is 11.5 Å². The van der Waals surface area contributed by atoms with Crippen LogP contribution in [-0.2, 0) is 0 Å². The van der Waals surface area contributed by atoms with E-state index in [2.05, 4.69) is 4.98 Å². The molecule has 0 spiro atoms. The van der Waals surface area contributed by atoms with Crippen molar-refractivity contribution in [1.82, 2.24) is 4.98 Å².